The quantitative estimate of drug-likeness (QED) is 0.228. The lowest BCUT2D eigenvalue weighted by Crippen LogP contribution is -2.64. The molecule has 1 amide bonds. The summed E-state index contributed by atoms with van der Waals surface area (Å²) in [5.74, 6) is 1.67. The summed E-state index contributed by atoms with van der Waals surface area (Å²) in [6.45, 7) is 12.5. The first-order valence-electron chi connectivity index (χ1n) is 10.8. The van der Waals surface area contributed by atoms with Crippen LogP contribution in [0.25, 0.3) is 0 Å². The molecule has 6 nitrogen and oxygen atoms in total. The monoisotopic (exact) mass is 508 g/mol. The molecule has 0 radical (unpaired) electrons. The lowest BCUT2D eigenvalue weighted by Gasteiger charge is -2.52. The van der Waals surface area contributed by atoms with Gasteiger partial charge < -0.3 is 20.3 Å². The predicted molar refractivity (Wildman–Crippen MR) is 126 cm³/mol. The van der Waals surface area contributed by atoms with Crippen molar-refractivity contribution in [1.82, 2.24) is 15.5 Å². The van der Waals surface area contributed by atoms with Crippen LogP contribution < -0.4 is 10.6 Å². The van der Waals surface area contributed by atoms with Crippen LogP contribution >= 0.6 is 24.0 Å². The van der Waals surface area contributed by atoms with E-state index in [4.69, 9.17) is 9.73 Å². The zero-order valence-corrected chi connectivity index (χ0v) is 20.8. The number of piperidine rings is 1. The second kappa shape index (κ2) is 12.2. The van der Waals surface area contributed by atoms with Crippen LogP contribution in [0.2, 0.25) is 0 Å². The van der Waals surface area contributed by atoms with Gasteiger partial charge in [-0.05, 0) is 38.5 Å². The topological polar surface area (TPSA) is 66.0 Å². The Bertz CT molecular complexity index is 505. The van der Waals surface area contributed by atoms with E-state index >= 15 is 0 Å². The molecule has 0 bridgehead atoms. The van der Waals surface area contributed by atoms with Crippen LogP contribution in [0.5, 0.6) is 0 Å². The van der Waals surface area contributed by atoms with E-state index in [2.05, 4.69) is 43.2 Å². The van der Waals surface area contributed by atoms with Crippen molar-refractivity contribution in [3.05, 3.63) is 0 Å². The number of carbonyl (C=O) groups is 1. The number of unbranched alkanes of at least 4 members (excludes halogenated alkanes) is 1. The highest BCUT2D eigenvalue weighted by Crippen LogP contribution is 2.43. The summed E-state index contributed by atoms with van der Waals surface area (Å²) in [5.41, 5.74) is 0.125. The maximum atomic E-state index is 11.6. The number of nitrogens with zero attached hydrogens (tertiary/aromatic N) is 2. The molecular formula is C21H41IN4O2. The summed E-state index contributed by atoms with van der Waals surface area (Å²) in [7, 11) is 1.72. The summed E-state index contributed by atoms with van der Waals surface area (Å²) in [6.07, 6.45) is 6.44. The molecule has 2 N–H and O–H groups in total. The molecule has 2 aliphatic rings. The third kappa shape index (κ3) is 6.75. The Labute approximate surface area is 188 Å². The number of carbonyl (C=O) groups excluding carboxylic acids is 1. The Morgan fingerprint density at radius 2 is 1.93 bits per heavy atom. The van der Waals surface area contributed by atoms with Gasteiger partial charge in [0, 0.05) is 51.2 Å². The fourth-order valence-electron chi connectivity index (χ4n) is 4.04. The molecule has 1 saturated carbocycles. The molecule has 1 aliphatic heterocycles. The number of aliphatic imine (C=N–C) groups is 1. The van der Waals surface area contributed by atoms with Gasteiger partial charge in [-0.1, -0.05) is 27.2 Å². The fraction of sp³-hybridized carbons (Fsp3) is 0.905. The van der Waals surface area contributed by atoms with E-state index in [1.165, 1.54) is 6.42 Å². The van der Waals surface area contributed by atoms with E-state index < -0.39 is 0 Å². The van der Waals surface area contributed by atoms with Crippen molar-refractivity contribution >= 4 is 35.8 Å². The number of rotatable bonds is 8. The number of ether oxygens (including phenoxy) is 1. The SMILES string of the molecule is CCCCOC1CC(NC(=NCC)N2CCC(CC(=O)NC)CC2)C1(C)C.I. The van der Waals surface area contributed by atoms with Gasteiger partial charge in [0.15, 0.2) is 5.96 Å². The smallest absolute Gasteiger partial charge is 0.220 e. The highest BCUT2D eigenvalue weighted by molar-refractivity contribution is 14.0. The average molecular weight is 508 g/mol. The molecule has 0 spiro atoms. The fourth-order valence-corrected chi connectivity index (χ4v) is 4.04. The third-order valence-corrected chi connectivity index (χ3v) is 6.27. The van der Waals surface area contributed by atoms with Gasteiger partial charge in [0.2, 0.25) is 5.91 Å². The molecule has 0 aromatic heterocycles. The van der Waals surface area contributed by atoms with Gasteiger partial charge in [-0.2, -0.15) is 0 Å². The molecule has 164 valence electrons. The maximum Gasteiger partial charge on any atom is 0.220 e. The van der Waals surface area contributed by atoms with Crippen molar-refractivity contribution in [3.63, 3.8) is 0 Å². The normalized spacial score (nSPS) is 24.9. The number of likely N-dealkylation sites (tertiary alicyclic amines) is 1. The molecule has 0 aromatic carbocycles. The van der Waals surface area contributed by atoms with E-state index in [1.54, 1.807) is 7.05 Å². The van der Waals surface area contributed by atoms with Crippen molar-refractivity contribution in [2.75, 3.05) is 33.3 Å². The summed E-state index contributed by atoms with van der Waals surface area (Å²) < 4.78 is 6.08. The molecule has 1 aliphatic carbocycles. The summed E-state index contributed by atoms with van der Waals surface area (Å²) in [6, 6.07) is 0.401. The molecular weight excluding hydrogens is 467 g/mol. The molecule has 28 heavy (non-hydrogen) atoms. The van der Waals surface area contributed by atoms with Gasteiger partial charge in [0.05, 0.1) is 6.10 Å². The molecule has 2 fully saturated rings. The molecule has 2 unspecified atom stereocenters. The van der Waals surface area contributed by atoms with Crippen LogP contribution in [-0.4, -0.2) is 62.2 Å². The van der Waals surface area contributed by atoms with Gasteiger partial charge >= 0.3 is 0 Å². The van der Waals surface area contributed by atoms with Crippen LogP contribution in [0.1, 0.15) is 66.2 Å². The summed E-state index contributed by atoms with van der Waals surface area (Å²) >= 11 is 0. The van der Waals surface area contributed by atoms with E-state index in [0.29, 0.717) is 24.5 Å². The minimum atomic E-state index is 0. The van der Waals surface area contributed by atoms with Crippen molar-refractivity contribution in [2.24, 2.45) is 16.3 Å². The number of halogens is 1. The second-order valence-corrected chi connectivity index (χ2v) is 8.57. The zero-order valence-electron chi connectivity index (χ0n) is 18.4. The first-order chi connectivity index (χ1) is 12.9. The zero-order chi connectivity index (χ0) is 19.9. The first-order valence-corrected chi connectivity index (χ1v) is 10.8. The Kier molecular flexibility index (Phi) is 11.1. The molecule has 0 aromatic rings. The minimum absolute atomic E-state index is 0. The number of nitrogens with one attached hydrogen (secondary N) is 2. The second-order valence-electron chi connectivity index (χ2n) is 8.57. The molecule has 7 heteroatoms. The number of guanidine groups is 1. The van der Waals surface area contributed by atoms with Gasteiger partial charge in [-0.3, -0.25) is 9.79 Å². The van der Waals surface area contributed by atoms with Crippen molar-refractivity contribution in [1.29, 1.82) is 0 Å². The first kappa shape index (κ1) is 25.5. The Morgan fingerprint density at radius 3 is 2.46 bits per heavy atom. The lowest BCUT2D eigenvalue weighted by molar-refractivity contribution is -0.121. The lowest BCUT2D eigenvalue weighted by atomic mass is 9.64. The van der Waals surface area contributed by atoms with Crippen LogP contribution in [0, 0.1) is 11.3 Å². The van der Waals surface area contributed by atoms with Gasteiger partial charge in [0.25, 0.3) is 0 Å². The van der Waals surface area contributed by atoms with Gasteiger partial charge in [-0.15, -0.1) is 24.0 Å². The molecule has 1 saturated heterocycles. The Balaban J connectivity index is 0.00000392. The predicted octanol–water partition coefficient (Wildman–Crippen LogP) is 3.40. The van der Waals surface area contributed by atoms with Gasteiger partial charge in [0.1, 0.15) is 0 Å². The van der Waals surface area contributed by atoms with Crippen LogP contribution in [0.3, 0.4) is 0 Å². The highest BCUT2D eigenvalue weighted by atomic mass is 127. The number of hydrogen-bond donors (Lipinski definition) is 2. The summed E-state index contributed by atoms with van der Waals surface area (Å²) in [5, 5.41) is 6.46. The van der Waals surface area contributed by atoms with Crippen molar-refractivity contribution in [3.8, 4) is 0 Å². The van der Waals surface area contributed by atoms with E-state index in [9.17, 15) is 4.79 Å². The summed E-state index contributed by atoms with van der Waals surface area (Å²) in [4.78, 5) is 18.7. The van der Waals surface area contributed by atoms with E-state index in [-0.39, 0.29) is 35.3 Å². The highest BCUT2D eigenvalue weighted by Gasteiger charge is 2.49. The third-order valence-electron chi connectivity index (χ3n) is 6.27. The molecule has 2 atom stereocenters. The standard InChI is InChI=1S/C21H40N4O2.HI/c1-6-8-13-27-18-15-17(21(18,3)4)24-20(23-7-2)25-11-9-16(10-12-25)14-19(26)22-5;/h16-18H,6-15H2,1-5H3,(H,22,26)(H,23,24);1H. The van der Waals surface area contributed by atoms with Crippen LogP contribution in [0.4, 0.5) is 0 Å². The van der Waals surface area contributed by atoms with E-state index in [0.717, 1.165) is 57.9 Å². The van der Waals surface area contributed by atoms with E-state index in [1.807, 2.05) is 0 Å². The number of amides is 1. The molecule has 1 heterocycles. The van der Waals surface area contributed by atoms with Gasteiger partial charge in [-0.25, -0.2) is 0 Å². The largest absolute Gasteiger partial charge is 0.378 e. The van der Waals surface area contributed by atoms with Crippen LogP contribution in [0.15, 0.2) is 4.99 Å². The number of hydrogen-bond acceptors (Lipinski definition) is 3. The Morgan fingerprint density at radius 1 is 1.25 bits per heavy atom. The molecule has 2 rings (SSSR count). The van der Waals surface area contributed by atoms with Crippen LogP contribution in [-0.2, 0) is 9.53 Å². The van der Waals surface area contributed by atoms with Crippen molar-refractivity contribution < 1.29 is 9.53 Å². The maximum absolute atomic E-state index is 11.6. The van der Waals surface area contributed by atoms with Crippen molar-refractivity contribution in [2.45, 2.75) is 78.4 Å². The Hall–Kier alpha value is -0.570. The minimum Gasteiger partial charge on any atom is -0.378 e. The average Bonchev–Trinajstić information content (AvgIpc) is 2.66.